The summed E-state index contributed by atoms with van der Waals surface area (Å²) < 4.78 is 5.12. The first-order chi connectivity index (χ1) is 9.47. The zero-order chi connectivity index (χ0) is 14.7. The van der Waals surface area contributed by atoms with Gasteiger partial charge in [0, 0.05) is 15.1 Å². The standard InChI is InChI=1S/C12H9B2Cl3O3/c15-9-5-8(6-10(16)7-9)13(18)20-14(19)11-3-1-2-4-12(11)17/h1-7,18-19H. The minimum absolute atomic E-state index is 0.341. The molecule has 20 heavy (non-hydrogen) atoms. The van der Waals surface area contributed by atoms with Gasteiger partial charge < -0.3 is 14.6 Å². The lowest BCUT2D eigenvalue weighted by molar-refractivity contribution is 0.379. The summed E-state index contributed by atoms with van der Waals surface area (Å²) >= 11 is 17.6. The van der Waals surface area contributed by atoms with Crippen molar-refractivity contribution in [2.75, 3.05) is 0 Å². The van der Waals surface area contributed by atoms with Crippen molar-refractivity contribution < 1.29 is 14.6 Å². The average molecular weight is 329 g/mol. The first-order valence-electron chi connectivity index (χ1n) is 5.69. The van der Waals surface area contributed by atoms with Gasteiger partial charge in [0.05, 0.1) is 0 Å². The molecule has 0 aromatic heterocycles. The lowest BCUT2D eigenvalue weighted by Crippen LogP contribution is -2.45. The van der Waals surface area contributed by atoms with Gasteiger partial charge in [0.15, 0.2) is 0 Å². The fourth-order valence-electron chi connectivity index (χ4n) is 1.67. The molecule has 3 nitrogen and oxygen atoms in total. The first kappa shape index (κ1) is 15.7. The molecule has 0 aliphatic carbocycles. The molecule has 2 aromatic carbocycles. The van der Waals surface area contributed by atoms with E-state index in [0.29, 0.717) is 26.0 Å². The summed E-state index contributed by atoms with van der Waals surface area (Å²) in [5.41, 5.74) is 0.704. The van der Waals surface area contributed by atoms with Gasteiger partial charge in [-0.3, -0.25) is 0 Å². The Labute approximate surface area is 132 Å². The summed E-state index contributed by atoms with van der Waals surface area (Å²) in [5.74, 6) is 0. The third-order valence-electron chi connectivity index (χ3n) is 2.60. The van der Waals surface area contributed by atoms with E-state index >= 15 is 0 Å². The second kappa shape index (κ2) is 6.85. The summed E-state index contributed by atoms with van der Waals surface area (Å²) in [5, 5.41) is 21.0. The minimum atomic E-state index is -1.38. The van der Waals surface area contributed by atoms with Gasteiger partial charge in [0.25, 0.3) is 0 Å². The van der Waals surface area contributed by atoms with Crippen molar-refractivity contribution in [3.05, 3.63) is 57.5 Å². The molecule has 0 bridgehead atoms. The second-order valence-electron chi connectivity index (χ2n) is 4.07. The maximum Gasteiger partial charge on any atom is 0.479 e. The number of hydrogen-bond acceptors (Lipinski definition) is 3. The highest BCUT2D eigenvalue weighted by molar-refractivity contribution is 6.74. The van der Waals surface area contributed by atoms with Gasteiger partial charge in [-0.15, -0.1) is 0 Å². The van der Waals surface area contributed by atoms with Crippen molar-refractivity contribution in [2.45, 2.75) is 0 Å². The molecule has 0 radical (unpaired) electrons. The van der Waals surface area contributed by atoms with Crippen LogP contribution in [0.2, 0.25) is 15.1 Å². The fourth-order valence-corrected chi connectivity index (χ4v) is 2.44. The van der Waals surface area contributed by atoms with Crippen LogP contribution in [-0.4, -0.2) is 24.3 Å². The third-order valence-corrected chi connectivity index (χ3v) is 3.38. The maximum atomic E-state index is 9.95. The van der Waals surface area contributed by atoms with Crippen LogP contribution in [0.15, 0.2) is 42.5 Å². The molecule has 2 N–H and O–H groups in total. The summed E-state index contributed by atoms with van der Waals surface area (Å²) in [6.45, 7) is 0. The summed E-state index contributed by atoms with van der Waals surface area (Å²) in [6.07, 6.45) is 0. The van der Waals surface area contributed by atoms with E-state index in [1.54, 1.807) is 24.3 Å². The van der Waals surface area contributed by atoms with Crippen LogP contribution in [0.3, 0.4) is 0 Å². The van der Waals surface area contributed by atoms with E-state index in [0.717, 1.165) is 0 Å². The Hall–Kier alpha value is -0.680. The molecule has 0 fully saturated rings. The number of rotatable bonds is 4. The smallest absolute Gasteiger partial charge is 0.443 e. The molecule has 102 valence electrons. The van der Waals surface area contributed by atoms with Crippen LogP contribution >= 0.6 is 34.8 Å². The summed E-state index contributed by atoms with van der Waals surface area (Å²) in [4.78, 5) is 0. The van der Waals surface area contributed by atoms with Crippen molar-refractivity contribution in [1.82, 2.24) is 0 Å². The monoisotopic (exact) mass is 328 g/mol. The number of benzene rings is 2. The normalized spacial score (nSPS) is 10.4. The van der Waals surface area contributed by atoms with Gasteiger partial charge in [0.2, 0.25) is 0 Å². The van der Waals surface area contributed by atoms with Gasteiger partial charge in [0.1, 0.15) is 0 Å². The van der Waals surface area contributed by atoms with Crippen molar-refractivity contribution >= 4 is 60.0 Å². The zero-order valence-corrected chi connectivity index (χ0v) is 12.4. The third kappa shape index (κ3) is 3.92. The molecule has 0 unspecified atom stereocenters. The van der Waals surface area contributed by atoms with Crippen LogP contribution in [-0.2, 0) is 4.57 Å². The van der Waals surface area contributed by atoms with E-state index in [2.05, 4.69) is 0 Å². The van der Waals surface area contributed by atoms with Crippen molar-refractivity contribution in [3.8, 4) is 0 Å². The van der Waals surface area contributed by atoms with E-state index in [-0.39, 0.29) is 0 Å². The molecular weight excluding hydrogens is 320 g/mol. The van der Waals surface area contributed by atoms with Crippen LogP contribution in [0.1, 0.15) is 0 Å². The van der Waals surface area contributed by atoms with Crippen molar-refractivity contribution in [2.24, 2.45) is 0 Å². The van der Waals surface area contributed by atoms with Gasteiger partial charge in [-0.1, -0.05) is 53.0 Å². The molecule has 0 aliphatic heterocycles. The SMILES string of the molecule is OB(OB(O)c1ccccc1Cl)c1cc(Cl)cc(Cl)c1. The van der Waals surface area contributed by atoms with Crippen LogP contribution < -0.4 is 10.9 Å². The van der Waals surface area contributed by atoms with Crippen LogP contribution in [0.5, 0.6) is 0 Å². The number of hydrogen-bond donors (Lipinski definition) is 2. The predicted molar refractivity (Wildman–Crippen MR) is 84.2 cm³/mol. The van der Waals surface area contributed by atoms with Gasteiger partial charge >= 0.3 is 14.2 Å². The van der Waals surface area contributed by atoms with Crippen LogP contribution in [0, 0.1) is 0 Å². The van der Waals surface area contributed by atoms with E-state index < -0.39 is 14.2 Å². The highest BCUT2D eigenvalue weighted by Gasteiger charge is 2.27. The molecule has 0 spiro atoms. The van der Waals surface area contributed by atoms with E-state index in [9.17, 15) is 10.0 Å². The zero-order valence-electron chi connectivity index (χ0n) is 10.1. The quantitative estimate of drug-likeness (QED) is 0.840. The number of halogens is 3. The van der Waals surface area contributed by atoms with E-state index in [1.165, 1.54) is 18.2 Å². The minimum Gasteiger partial charge on any atom is -0.443 e. The molecule has 0 amide bonds. The average Bonchev–Trinajstić information content (AvgIpc) is 2.37. The molecule has 0 atom stereocenters. The van der Waals surface area contributed by atoms with Gasteiger partial charge in [-0.25, -0.2) is 0 Å². The van der Waals surface area contributed by atoms with Gasteiger partial charge in [-0.2, -0.15) is 0 Å². The lowest BCUT2D eigenvalue weighted by Gasteiger charge is -2.13. The summed E-state index contributed by atoms with van der Waals surface area (Å²) in [6, 6.07) is 11.2. The second-order valence-corrected chi connectivity index (χ2v) is 5.35. The maximum absolute atomic E-state index is 9.95. The van der Waals surface area contributed by atoms with Gasteiger partial charge in [-0.05, 0) is 35.2 Å². The van der Waals surface area contributed by atoms with Crippen molar-refractivity contribution in [3.63, 3.8) is 0 Å². The molecule has 0 heterocycles. The first-order valence-corrected chi connectivity index (χ1v) is 6.83. The lowest BCUT2D eigenvalue weighted by atomic mass is 9.71. The Kier molecular flexibility index (Phi) is 5.38. The molecule has 0 saturated carbocycles. The van der Waals surface area contributed by atoms with Crippen molar-refractivity contribution in [1.29, 1.82) is 0 Å². The fraction of sp³-hybridized carbons (Fsp3) is 0. The highest BCUT2D eigenvalue weighted by Crippen LogP contribution is 2.14. The van der Waals surface area contributed by atoms with Crippen LogP contribution in [0.4, 0.5) is 0 Å². The Balaban J connectivity index is 2.15. The van der Waals surface area contributed by atoms with Crippen LogP contribution in [0.25, 0.3) is 0 Å². The molecular formula is C12H9B2Cl3O3. The predicted octanol–water partition coefficient (Wildman–Crippen LogP) is 1.74. The Morgan fingerprint density at radius 2 is 1.45 bits per heavy atom. The molecule has 0 saturated heterocycles. The Bertz CT molecular complexity index is 592. The Morgan fingerprint density at radius 3 is 2.05 bits per heavy atom. The molecule has 0 aliphatic rings. The highest BCUT2D eigenvalue weighted by atomic mass is 35.5. The van der Waals surface area contributed by atoms with E-state index in [1.807, 2.05) is 0 Å². The Morgan fingerprint density at radius 1 is 0.850 bits per heavy atom. The molecule has 8 heteroatoms. The summed E-state index contributed by atoms with van der Waals surface area (Å²) in [7, 11) is -2.74. The topological polar surface area (TPSA) is 49.7 Å². The molecule has 2 rings (SSSR count). The van der Waals surface area contributed by atoms with E-state index in [4.69, 9.17) is 39.4 Å². The molecule has 2 aromatic rings. The largest absolute Gasteiger partial charge is 0.479 e.